The Morgan fingerprint density at radius 3 is 2.52 bits per heavy atom. The summed E-state index contributed by atoms with van der Waals surface area (Å²) >= 11 is 0. The normalized spacial score (nSPS) is 10.2. The van der Waals surface area contributed by atoms with E-state index in [0.717, 1.165) is 0 Å². The van der Waals surface area contributed by atoms with E-state index in [1.807, 2.05) is 0 Å². The van der Waals surface area contributed by atoms with Crippen LogP contribution in [0.1, 0.15) is 16.1 Å². The predicted octanol–water partition coefficient (Wildman–Crippen LogP) is 2.08. The summed E-state index contributed by atoms with van der Waals surface area (Å²) in [5.41, 5.74) is 0.922. The van der Waals surface area contributed by atoms with Crippen molar-refractivity contribution in [2.75, 3.05) is 25.5 Å². The zero-order valence-corrected chi connectivity index (χ0v) is 16.9. The Labute approximate surface area is 179 Å². The van der Waals surface area contributed by atoms with Crippen LogP contribution in [0.3, 0.4) is 0 Å². The van der Waals surface area contributed by atoms with Crippen molar-refractivity contribution in [1.29, 1.82) is 0 Å². The molecule has 0 saturated heterocycles. The lowest BCUT2D eigenvalue weighted by Crippen LogP contribution is -2.42. The lowest BCUT2D eigenvalue weighted by atomic mass is 10.2. The van der Waals surface area contributed by atoms with Crippen LogP contribution in [0.2, 0.25) is 0 Å². The Balaban J connectivity index is 1.56. The second-order valence-electron chi connectivity index (χ2n) is 6.54. The van der Waals surface area contributed by atoms with Crippen LogP contribution in [0.15, 0.2) is 71.6 Å². The summed E-state index contributed by atoms with van der Waals surface area (Å²) in [5, 5.41) is 5.20. The van der Waals surface area contributed by atoms with Gasteiger partial charge in [0, 0.05) is 18.1 Å². The number of carbonyl (C=O) groups is 3. The minimum atomic E-state index is -0.478. The number of rotatable bonds is 9. The maximum atomic E-state index is 12.8. The average Bonchev–Trinajstić information content (AvgIpc) is 3.31. The fraction of sp³-hybridized carbons (Fsp3) is 0.182. The molecule has 160 valence electrons. The largest absolute Gasteiger partial charge is 0.497 e. The van der Waals surface area contributed by atoms with Gasteiger partial charge in [0.1, 0.15) is 18.1 Å². The fourth-order valence-electron chi connectivity index (χ4n) is 2.75. The van der Waals surface area contributed by atoms with Gasteiger partial charge < -0.3 is 24.7 Å². The SMILES string of the molecule is COc1ccc(NC(=O)CNC(=O)CN(Cc2ccco2)C(=O)c2cccnc2)cc1. The van der Waals surface area contributed by atoms with E-state index in [9.17, 15) is 14.4 Å². The van der Waals surface area contributed by atoms with Gasteiger partial charge in [-0.2, -0.15) is 0 Å². The van der Waals surface area contributed by atoms with E-state index in [1.54, 1.807) is 61.8 Å². The molecule has 0 radical (unpaired) electrons. The Morgan fingerprint density at radius 1 is 1.06 bits per heavy atom. The van der Waals surface area contributed by atoms with Crippen molar-refractivity contribution in [2.24, 2.45) is 0 Å². The number of nitrogens with one attached hydrogen (secondary N) is 2. The predicted molar refractivity (Wildman–Crippen MR) is 112 cm³/mol. The lowest BCUT2D eigenvalue weighted by Gasteiger charge is -2.21. The number of carbonyl (C=O) groups excluding carboxylic acids is 3. The van der Waals surface area contributed by atoms with E-state index in [2.05, 4.69) is 15.6 Å². The van der Waals surface area contributed by atoms with Crippen LogP contribution in [0.4, 0.5) is 5.69 Å². The van der Waals surface area contributed by atoms with Gasteiger partial charge in [0.2, 0.25) is 11.8 Å². The number of methoxy groups -OCH3 is 1. The molecule has 0 saturated carbocycles. The van der Waals surface area contributed by atoms with Gasteiger partial charge >= 0.3 is 0 Å². The van der Waals surface area contributed by atoms with Crippen molar-refractivity contribution in [1.82, 2.24) is 15.2 Å². The van der Waals surface area contributed by atoms with Crippen LogP contribution in [0.25, 0.3) is 0 Å². The number of aromatic nitrogens is 1. The first-order valence-electron chi connectivity index (χ1n) is 9.47. The molecule has 0 aliphatic rings. The number of hydrogen-bond donors (Lipinski definition) is 2. The minimum absolute atomic E-state index is 0.103. The number of pyridine rings is 1. The Bertz CT molecular complexity index is 1000. The van der Waals surface area contributed by atoms with Crippen molar-refractivity contribution >= 4 is 23.4 Å². The van der Waals surface area contributed by atoms with Gasteiger partial charge in [-0.15, -0.1) is 0 Å². The molecule has 2 heterocycles. The van der Waals surface area contributed by atoms with E-state index in [4.69, 9.17) is 9.15 Å². The molecule has 9 heteroatoms. The zero-order valence-electron chi connectivity index (χ0n) is 16.9. The van der Waals surface area contributed by atoms with E-state index < -0.39 is 11.8 Å². The third kappa shape index (κ3) is 6.43. The molecule has 0 spiro atoms. The highest BCUT2D eigenvalue weighted by molar-refractivity contribution is 5.97. The van der Waals surface area contributed by atoms with Crippen molar-refractivity contribution < 1.29 is 23.5 Å². The van der Waals surface area contributed by atoms with Gasteiger partial charge in [0.05, 0.1) is 32.0 Å². The van der Waals surface area contributed by atoms with Crippen LogP contribution >= 0.6 is 0 Å². The first-order chi connectivity index (χ1) is 15.0. The smallest absolute Gasteiger partial charge is 0.256 e. The van der Waals surface area contributed by atoms with Gasteiger partial charge in [-0.05, 0) is 48.5 Å². The number of hydrogen-bond acceptors (Lipinski definition) is 6. The van der Waals surface area contributed by atoms with Crippen molar-refractivity contribution in [3.63, 3.8) is 0 Å². The highest BCUT2D eigenvalue weighted by Gasteiger charge is 2.20. The molecule has 0 unspecified atom stereocenters. The molecule has 31 heavy (non-hydrogen) atoms. The van der Waals surface area contributed by atoms with Crippen LogP contribution in [0.5, 0.6) is 5.75 Å². The Morgan fingerprint density at radius 2 is 1.87 bits per heavy atom. The van der Waals surface area contributed by atoms with Crippen molar-refractivity contribution in [3.8, 4) is 5.75 Å². The van der Waals surface area contributed by atoms with Gasteiger partial charge in [0.25, 0.3) is 5.91 Å². The van der Waals surface area contributed by atoms with E-state index in [0.29, 0.717) is 22.8 Å². The second-order valence-corrected chi connectivity index (χ2v) is 6.54. The summed E-state index contributed by atoms with van der Waals surface area (Å²) < 4.78 is 10.4. The van der Waals surface area contributed by atoms with E-state index in [-0.39, 0.29) is 25.5 Å². The molecule has 1 aromatic carbocycles. The lowest BCUT2D eigenvalue weighted by molar-refractivity contribution is -0.124. The molecule has 3 rings (SSSR count). The van der Waals surface area contributed by atoms with Gasteiger partial charge in [-0.1, -0.05) is 0 Å². The molecule has 0 atom stereocenters. The molecule has 0 fully saturated rings. The third-order valence-electron chi connectivity index (χ3n) is 4.28. The average molecular weight is 422 g/mol. The number of furan rings is 1. The second kappa shape index (κ2) is 10.6. The zero-order chi connectivity index (χ0) is 22.1. The Hall–Kier alpha value is -4.14. The molecule has 0 aliphatic heterocycles. The Kier molecular flexibility index (Phi) is 7.36. The fourth-order valence-corrected chi connectivity index (χ4v) is 2.75. The molecular weight excluding hydrogens is 400 g/mol. The van der Waals surface area contributed by atoms with E-state index >= 15 is 0 Å². The molecule has 2 N–H and O–H groups in total. The van der Waals surface area contributed by atoms with Gasteiger partial charge in [-0.25, -0.2) is 0 Å². The van der Waals surface area contributed by atoms with Crippen LogP contribution < -0.4 is 15.4 Å². The molecule has 0 aliphatic carbocycles. The summed E-state index contributed by atoms with van der Waals surface area (Å²) in [5.74, 6) is -0.0470. The summed E-state index contributed by atoms with van der Waals surface area (Å²) in [6.45, 7) is -0.378. The molecule has 9 nitrogen and oxygen atoms in total. The minimum Gasteiger partial charge on any atom is -0.497 e. The number of anilines is 1. The molecule has 3 aromatic rings. The highest BCUT2D eigenvalue weighted by atomic mass is 16.5. The quantitative estimate of drug-likeness (QED) is 0.546. The number of benzene rings is 1. The molecule has 3 amide bonds. The number of amides is 3. The highest BCUT2D eigenvalue weighted by Crippen LogP contribution is 2.14. The van der Waals surface area contributed by atoms with Gasteiger partial charge in [0.15, 0.2) is 0 Å². The number of nitrogens with zero attached hydrogens (tertiary/aromatic N) is 2. The summed E-state index contributed by atoms with van der Waals surface area (Å²) in [7, 11) is 1.55. The molecular formula is C22H22N4O5. The first-order valence-corrected chi connectivity index (χ1v) is 9.47. The van der Waals surface area contributed by atoms with Crippen LogP contribution in [-0.4, -0.2) is 47.8 Å². The molecule has 2 aromatic heterocycles. The summed E-state index contributed by atoms with van der Waals surface area (Å²) in [6.07, 6.45) is 4.48. The maximum Gasteiger partial charge on any atom is 0.256 e. The standard InChI is InChI=1S/C22H22N4O5/c1-30-18-8-6-17(7-9-18)25-20(27)13-24-21(28)15-26(14-19-5-3-11-31-19)22(29)16-4-2-10-23-12-16/h2-12H,13-15H2,1H3,(H,24,28)(H,25,27). The van der Waals surface area contributed by atoms with Crippen molar-refractivity contribution in [3.05, 3.63) is 78.5 Å². The first kappa shape index (κ1) is 21.6. The molecule has 0 bridgehead atoms. The third-order valence-corrected chi connectivity index (χ3v) is 4.28. The number of ether oxygens (including phenoxy) is 1. The topological polar surface area (TPSA) is 114 Å². The van der Waals surface area contributed by atoms with E-state index in [1.165, 1.54) is 17.4 Å². The van der Waals surface area contributed by atoms with Crippen molar-refractivity contribution in [2.45, 2.75) is 6.54 Å². The van der Waals surface area contributed by atoms with Crippen LogP contribution in [0, 0.1) is 0 Å². The summed E-state index contributed by atoms with van der Waals surface area (Å²) in [6, 6.07) is 13.5. The maximum absolute atomic E-state index is 12.8. The van der Waals surface area contributed by atoms with Gasteiger partial charge in [-0.3, -0.25) is 19.4 Å². The summed E-state index contributed by atoms with van der Waals surface area (Å²) in [4.78, 5) is 42.6. The monoisotopic (exact) mass is 422 g/mol. The van der Waals surface area contributed by atoms with Crippen LogP contribution in [-0.2, 0) is 16.1 Å².